The van der Waals surface area contributed by atoms with Crippen LogP contribution in [-0.4, -0.2) is 19.0 Å². The molecule has 0 heterocycles. The maximum atomic E-state index is 11.5. The minimum absolute atomic E-state index is 0.0122. The topological polar surface area (TPSA) is 41.1 Å². The normalized spacial score (nSPS) is 10.7. The van der Waals surface area contributed by atoms with E-state index in [0.717, 1.165) is 5.56 Å². The van der Waals surface area contributed by atoms with Gasteiger partial charge in [-0.3, -0.25) is 4.79 Å². The van der Waals surface area contributed by atoms with Crippen molar-refractivity contribution in [1.29, 1.82) is 0 Å². The second kappa shape index (κ2) is 7.62. The van der Waals surface area contributed by atoms with E-state index in [1.54, 1.807) is 18.2 Å². The van der Waals surface area contributed by atoms with E-state index < -0.39 is 0 Å². The first-order valence-electron chi connectivity index (χ1n) is 5.90. The molecule has 0 aliphatic carbocycles. The molecule has 2 N–H and O–H groups in total. The second-order valence-corrected chi connectivity index (χ2v) is 5.38. The summed E-state index contributed by atoms with van der Waals surface area (Å²) in [6.07, 6.45) is 0. The third-order valence-electron chi connectivity index (χ3n) is 2.32. The summed E-state index contributed by atoms with van der Waals surface area (Å²) in [4.78, 5) is 11.5. The van der Waals surface area contributed by atoms with Gasteiger partial charge in [0.25, 0.3) is 0 Å². The largest absolute Gasteiger partial charge is 0.355 e. The highest BCUT2D eigenvalue weighted by molar-refractivity contribution is 6.33. The predicted molar refractivity (Wildman–Crippen MR) is 76.0 cm³/mol. The van der Waals surface area contributed by atoms with Gasteiger partial charge in [0.2, 0.25) is 5.91 Å². The van der Waals surface area contributed by atoms with E-state index in [-0.39, 0.29) is 12.5 Å². The lowest BCUT2D eigenvalue weighted by molar-refractivity contribution is -0.120. The van der Waals surface area contributed by atoms with Crippen LogP contribution in [0.25, 0.3) is 0 Å². The van der Waals surface area contributed by atoms with Crippen molar-refractivity contribution in [2.75, 3.05) is 13.1 Å². The molecule has 1 aromatic carbocycles. The fraction of sp³-hybridized carbons (Fsp3) is 0.462. The van der Waals surface area contributed by atoms with Crippen LogP contribution in [0.4, 0.5) is 0 Å². The van der Waals surface area contributed by atoms with Crippen molar-refractivity contribution in [2.45, 2.75) is 20.4 Å². The molecular formula is C13H18Cl2N2O. The van der Waals surface area contributed by atoms with Gasteiger partial charge in [-0.25, -0.2) is 0 Å². The third kappa shape index (κ3) is 5.71. The lowest BCUT2D eigenvalue weighted by atomic mass is 10.2. The number of carbonyl (C=O) groups excluding carboxylic acids is 1. The molecule has 1 amide bonds. The van der Waals surface area contributed by atoms with Gasteiger partial charge in [-0.05, 0) is 29.7 Å². The van der Waals surface area contributed by atoms with Crippen molar-refractivity contribution in [2.24, 2.45) is 5.92 Å². The Balaban J connectivity index is 2.33. The first-order valence-corrected chi connectivity index (χ1v) is 6.66. The Bertz CT molecular complexity index is 408. The maximum absolute atomic E-state index is 11.5. The van der Waals surface area contributed by atoms with Crippen molar-refractivity contribution in [3.63, 3.8) is 0 Å². The maximum Gasteiger partial charge on any atom is 0.233 e. The first kappa shape index (κ1) is 15.3. The number of amides is 1. The van der Waals surface area contributed by atoms with Gasteiger partial charge in [0.05, 0.1) is 6.54 Å². The zero-order chi connectivity index (χ0) is 13.5. The van der Waals surface area contributed by atoms with Crippen LogP contribution >= 0.6 is 23.2 Å². The summed E-state index contributed by atoms with van der Waals surface area (Å²) in [7, 11) is 0. The molecule has 1 rings (SSSR count). The quantitative estimate of drug-likeness (QED) is 0.845. The number of carbonyl (C=O) groups is 1. The van der Waals surface area contributed by atoms with Crippen LogP contribution in [0.15, 0.2) is 18.2 Å². The van der Waals surface area contributed by atoms with Gasteiger partial charge in [0, 0.05) is 23.1 Å². The van der Waals surface area contributed by atoms with E-state index in [0.29, 0.717) is 29.1 Å². The molecule has 0 saturated carbocycles. The van der Waals surface area contributed by atoms with Crippen molar-refractivity contribution < 1.29 is 4.79 Å². The van der Waals surface area contributed by atoms with Gasteiger partial charge < -0.3 is 10.6 Å². The standard InChI is InChI=1S/C13H18Cl2N2O/c1-9(2)6-17-13(18)8-16-7-10-5-11(14)3-4-12(10)15/h3-5,9,16H,6-8H2,1-2H3,(H,17,18). The highest BCUT2D eigenvalue weighted by Gasteiger charge is 2.04. The van der Waals surface area contributed by atoms with E-state index in [1.807, 2.05) is 0 Å². The van der Waals surface area contributed by atoms with Gasteiger partial charge in [0.1, 0.15) is 0 Å². The Morgan fingerprint density at radius 2 is 2.06 bits per heavy atom. The number of hydrogen-bond donors (Lipinski definition) is 2. The van der Waals surface area contributed by atoms with Crippen molar-refractivity contribution in [1.82, 2.24) is 10.6 Å². The van der Waals surface area contributed by atoms with E-state index >= 15 is 0 Å². The van der Waals surface area contributed by atoms with E-state index in [1.165, 1.54) is 0 Å². The molecule has 1 aromatic rings. The minimum Gasteiger partial charge on any atom is -0.355 e. The van der Waals surface area contributed by atoms with Gasteiger partial charge in [0.15, 0.2) is 0 Å². The fourth-order valence-corrected chi connectivity index (χ4v) is 1.75. The van der Waals surface area contributed by atoms with Crippen molar-refractivity contribution >= 4 is 29.1 Å². The molecule has 0 spiro atoms. The van der Waals surface area contributed by atoms with Crippen LogP contribution in [0.5, 0.6) is 0 Å². The minimum atomic E-state index is -0.0122. The summed E-state index contributed by atoms with van der Waals surface area (Å²) in [6.45, 7) is 5.60. The molecule has 3 nitrogen and oxygen atoms in total. The first-order chi connectivity index (χ1) is 8.49. The lowest BCUT2D eigenvalue weighted by Crippen LogP contribution is -2.35. The molecule has 0 aliphatic heterocycles. The lowest BCUT2D eigenvalue weighted by Gasteiger charge is -2.09. The summed E-state index contributed by atoms with van der Waals surface area (Å²) >= 11 is 11.9. The molecule has 0 aromatic heterocycles. The molecule has 0 aliphatic rings. The van der Waals surface area contributed by atoms with Gasteiger partial charge in [-0.2, -0.15) is 0 Å². The van der Waals surface area contributed by atoms with Crippen LogP contribution < -0.4 is 10.6 Å². The summed E-state index contributed by atoms with van der Waals surface area (Å²) in [5, 5.41) is 7.16. The Hall–Kier alpha value is -0.770. The van der Waals surface area contributed by atoms with E-state index in [9.17, 15) is 4.79 Å². The Labute approximate surface area is 118 Å². The molecule has 0 unspecified atom stereocenters. The molecular weight excluding hydrogens is 271 g/mol. The highest BCUT2D eigenvalue weighted by atomic mass is 35.5. The summed E-state index contributed by atoms with van der Waals surface area (Å²) in [5.41, 5.74) is 0.890. The van der Waals surface area contributed by atoms with Crippen LogP contribution in [0, 0.1) is 5.92 Å². The Morgan fingerprint density at radius 3 is 2.72 bits per heavy atom. The summed E-state index contributed by atoms with van der Waals surface area (Å²) in [5.74, 6) is 0.443. The van der Waals surface area contributed by atoms with Crippen molar-refractivity contribution in [3.05, 3.63) is 33.8 Å². The average molecular weight is 289 g/mol. The molecule has 100 valence electrons. The van der Waals surface area contributed by atoms with Crippen LogP contribution in [-0.2, 0) is 11.3 Å². The summed E-state index contributed by atoms with van der Waals surface area (Å²) < 4.78 is 0. The predicted octanol–water partition coefficient (Wildman–Crippen LogP) is 2.86. The van der Waals surface area contributed by atoms with E-state index in [4.69, 9.17) is 23.2 Å². The van der Waals surface area contributed by atoms with Gasteiger partial charge in [-0.1, -0.05) is 37.0 Å². The van der Waals surface area contributed by atoms with Gasteiger partial charge >= 0.3 is 0 Å². The monoisotopic (exact) mass is 288 g/mol. The van der Waals surface area contributed by atoms with Gasteiger partial charge in [-0.15, -0.1) is 0 Å². The Kier molecular flexibility index (Phi) is 6.47. The number of nitrogens with one attached hydrogen (secondary N) is 2. The number of halogens is 2. The van der Waals surface area contributed by atoms with E-state index in [2.05, 4.69) is 24.5 Å². The zero-order valence-electron chi connectivity index (χ0n) is 10.6. The Morgan fingerprint density at radius 1 is 1.33 bits per heavy atom. The number of rotatable bonds is 6. The SMILES string of the molecule is CC(C)CNC(=O)CNCc1cc(Cl)ccc1Cl. The third-order valence-corrected chi connectivity index (χ3v) is 2.92. The molecule has 0 radical (unpaired) electrons. The van der Waals surface area contributed by atoms with Crippen LogP contribution in [0.1, 0.15) is 19.4 Å². The zero-order valence-corrected chi connectivity index (χ0v) is 12.1. The second-order valence-electron chi connectivity index (χ2n) is 4.54. The van der Waals surface area contributed by atoms with Crippen molar-refractivity contribution in [3.8, 4) is 0 Å². The summed E-state index contributed by atoms with van der Waals surface area (Å²) in [6, 6.07) is 5.28. The molecule has 18 heavy (non-hydrogen) atoms. The number of benzene rings is 1. The molecule has 0 saturated heterocycles. The smallest absolute Gasteiger partial charge is 0.233 e. The molecule has 5 heteroatoms. The highest BCUT2D eigenvalue weighted by Crippen LogP contribution is 2.20. The molecule has 0 bridgehead atoms. The molecule has 0 atom stereocenters. The van der Waals surface area contributed by atoms with Crippen LogP contribution in [0.3, 0.4) is 0 Å². The molecule has 0 fully saturated rings. The number of hydrogen-bond acceptors (Lipinski definition) is 2. The van der Waals surface area contributed by atoms with Crippen LogP contribution in [0.2, 0.25) is 10.0 Å². The fourth-order valence-electron chi connectivity index (χ4n) is 1.37. The average Bonchev–Trinajstić information content (AvgIpc) is 2.31.